The molecule has 0 saturated heterocycles. The molecule has 0 aliphatic heterocycles. The fraction of sp³-hybridized carbons (Fsp3) is 0.125. The number of aromatic nitrogens is 3. The quantitative estimate of drug-likeness (QED) is 0.780. The van der Waals surface area contributed by atoms with E-state index in [1.54, 1.807) is 10.9 Å². The van der Waals surface area contributed by atoms with Crippen molar-refractivity contribution >= 4 is 11.6 Å². The van der Waals surface area contributed by atoms with Gasteiger partial charge in [-0.2, -0.15) is 5.10 Å². The van der Waals surface area contributed by atoms with E-state index in [2.05, 4.69) is 15.4 Å². The fourth-order valence-corrected chi connectivity index (χ4v) is 1.94. The summed E-state index contributed by atoms with van der Waals surface area (Å²) in [6.45, 7) is 0.503. The van der Waals surface area contributed by atoms with Crippen LogP contribution in [0.4, 0.5) is 11.6 Å². The number of benzene rings is 1. The standard InChI is InChI=1S/C16H16N4O/c1-20-11-9-15(19-20)18-16-14(8-5-10-17-16)21-12-13-6-3-2-4-7-13/h2-11H,12H2,1H3,(H,17,18,19). The Morgan fingerprint density at radius 2 is 1.95 bits per heavy atom. The number of nitrogens with zero attached hydrogens (tertiary/aromatic N) is 3. The average molecular weight is 280 g/mol. The molecule has 0 atom stereocenters. The minimum atomic E-state index is 0.503. The van der Waals surface area contributed by atoms with Gasteiger partial charge in [-0.3, -0.25) is 4.68 Å². The van der Waals surface area contributed by atoms with Gasteiger partial charge in [-0.1, -0.05) is 30.3 Å². The second kappa shape index (κ2) is 6.09. The van der Waals surface area contributed by atoms with Crippen molar-refractivity contribution in [2.24, 2.45) is 7.05 Å². The smallest absolute Gasteiger partial charge is 0.174 e. The molecule has 21 heavy (non-hydrogen) atoms. The molecule has 0 amide bonds. The monoisotopic (exact) mass is 280 g/mol. The molecule has 1 aromatic carbocycles. The van der Waals surface area contributed by atoms with Gasteiger partial charge in [-0.15, -0.1) is 0 Å². The molecule has 0 spiro atoms. The zero-order chi connectivity index (χ0) is 14.5. The lowest BCUT2D eigenvalue weighted by atomic mass is 10.2. The molecule has 3 rings (SSSR count). The zero-order valence-corrected chi connectivity index (χ0v) is 11.7. The van der Waals surface area contributed by atoms with E-state index < -0.39 is 0 Å². The molecule has 3 aromatic rings. The van der Waals surface area contributed by atoms with Gasteiger partial charge in [0.05, 0.1) is 0 Å². The van der Waals surface area contributed by atoms with E-state index in [4.69, 9.17) is 4.74 Å². The maximum Gasteiger partial charge on any atom is 0.174 e. The summed E-state index contributed by atoms with van der Waals surface area (Å²) in [5, 5.41) is 7.44. The van der Waals surface area contributed by atoms with E-state index in [0.29, 0.717) is 18.2 Å². The van der Waals surface area contributed by atoms with Gasteiger partial charge in [0.2, 0.25) is 0 Å². The largest absolute Gasteiger partial charge is 0.485 e. The molecule has 0 unspecified atom stereocenters. The van der Waals surface area contributed by atoms with Crippen LogP contribution in [0.15, 0.2) is 60.9 Å². The number of ether oxygens (including phenoxy) is 1. The van der Waals surface area contributed by atoms with Crippen molar-refractivity contribution in [1.29, 1.82) is 0 Å². The molecule has 2 heterocycles. The van der Waals surface area contributed by atoms with Crippen LogP contribution < -0.4 is 10.1 Å². The highest BCUT2D eigenvalue weighted by atomic mass is 16.5. The number of anilines is 2. The van der Waals surface area contributed by atoms with Gasteiger partial charge in [0.15, 0.2) is 17.4 Å². The number of hydrogen-bond acceptors (Lipinski definition) is 4. The van der Waals surface area contributed by atoms with Gasteiger partial charge in [0.1, 0.15) is 6.61 Å². The normalized spacial score (nSPS) is 10.3. The highest BCUT2D eigenvalue weighted by Crippen LogP contribution is 2.24. The predicted octanol–water partition coefficient (Wildman–Crippen LogP) is 3.14. The maximum atomic E-state index is 5.84. The van der Waals surface area contributed by atoms with E-state index in [9.17, 15) is 0 Å². The lowest BCUT2D eigenvalue weighted by molar-refractivity contribution is 0.307. The molecule has 0 bridgehead atoms. The summed E-state index contributed by atoms with van der Waals surface area (Å²) in [4.78, 5) is 4.31. The molecule has 2 aromatic heterocycles. The summed E-state index contributed by atoms with van der Waals surface area (Å²) in [5.41, 5.74) is 1.12. The molecule has 0 saturated carbocycles. The number of rotatable bonds is 5. The van der Waals surface area contributed by atoms with Crippen molar-refractivity contribution in [2.45, 2.75) is 6.61 Å². The second-order valence-corrected chi connectivity index (χ2v) is 4.62. The van der Waals surface area contributed by atoms with Crippen LogP contribution in [0.3, 0.4) is 0 Å². The van der Waals surface area contributed by atoms with Gasteiger partial charge in [0.25, 0.3) is 0 Å². The first-order valence-electron chi connectivity index (χ1n) is 6.70. The molecule has 0 radical (unpaired) electrons. The molecular weight excluding hydrogens is 264 g/mol. The molecular formula is C16H16N4O. The summed E-state index contributed by atoms with van der Waals surface area (Å²) in [6, 6.07) is 15.7. The summed E-state index contributed by atoms with van der Waals surface area (Å²) >= 11 is 0. The first kappa shape index (κ1) is 13.2. The zero-order valence-electron chi connectivity index (χ0n) is 11.7. The van der Waals surface area contributed by atoms with Crippen LogP contribution in [0.1, 0.15) is 5.56 Å². The van der Waals surface area contributed by atoms with E-state index in [1.807, 2.05) is 61.8 Å². The SMILES string of the molecule is Cn1ccc(Nc2ncccc2OCc2ccccc2)n1. The Balaban J connectivity index is 1.73. The minimum absolute atomic E-state index is 0.503. The molecule has 106 valence electrons. The third-order valence-corrected chi connectivity index (χ3v) is 2.97. The average Bonchev–Trinajstić information content (AvgIpc) is 2.93. The van der Waals surface area contributed by atoms with Crippen LogP contribution in [0.25, 0.3) is 0 Å². The Hall–Kier alpha value is -2.82. The lowest BCUT2D eigenvalue weighted by Gasteiger charge is -2.10. The Kier molecular flexibility index (Phi) is 3.82. The first-order chi connectivity index (χ1) is 10.3. The maximum absolute atomic E-state index is 5.84. The van der Waals surface area contributed by atoms with Crippen molar-refractivity contribution in [1.82, 2.24) is 14.8 Å². The van der Waals surface area contributed by atoms with E-state index in [1.165, 1.54) is 0 Å². The molecule has 1 N–H and O–H groups in total. The molecule has 5 nitrogen and oxygen atoms in total. The third-order valence-electron chi connectivity index (χ3n) is 2.97. The number of aryl methyl sites for hydroxylation is 1. The van der Waals surface area contributed by atoms with Crippen LogP contribution in [0.5, 0.6) is 5.75 Å². The number of hydrogen-bond donors (Lipinski definition) is 1. The van der Waals surface area contributed by atoms with Crippen LogP contribution in [0.2, 0.25) is 0 Å². The topological polar surface area (TPSA) is 52.0 Å². The third kappa shape index (κ3) is 3.39. The Bertz CT molecular complexity index is 709. The molecule has 0 aliphatic carbocycles. The van der Waals surface area contributed by atoms with Gasteiger partial charge in [-0.25, -0.2) is 4.98 Å². The van der Waals surface area contributed by atoms with E-state index in [0.717, 1.165) is 11.4 Å². The van der Waals surface area contributed by atoms with Crippen LogP contribution in [-0.2, 0) is 13.7 Å². The molecule has 0 fully saturated rings. The number of pyridine rings is 1. The van der Waals surface area contributed by atoms with Gasteiger partial charge in [0, 0.05) is 25.5 Å². The van der Waals surface area contributed by atoms with E-state index in [-0.39, 0.29) is 0 Å². The van der Waals surface area contributed by atoms with Crippen molar-refractivity contribution in [3.05, 3.63) is 66.5 Å². The Labute approximate surface area is 123 Å². The minimum Gasteiger partial charge on any atom is -0.485 e. The summed E-state index contributed by atoms with van der Waals surface area (Å²) in [6.07, 6.45) is 3.59. The van der Waals surface area contributed by atoms with Crippen molar-refractivity contribution in [3.8, 4) is 5.75 Å². The predicted molar refractivity (Wildman–Crippen MR) is 81.5 cm³/mol. The summed E-state index contributed by atoms with van der Waals surface area (Å²) < 4.78 is 7.57. The summed E-state index contributed by atoms with van der Waals surface area (Å²) in [7, 11) is 1.87. The van der Waals surface area contributed by atoms with E-state index >= 15 is 0 Å². The lowest BCUT2D eigenvalue weighted by Crippen LogP contribution is -2.01. The van der Waals surface area contributed by atoms with Crippen LogP contribution in [-0.4, -0.2) is 14.8 Å². The van der Waals surface area contributed by atoms with Gasteiger partial charge >= 0.3 is 0 Å². The highest BCUT2D eigenvalue weighted by Gasteiger charge is 2.06. The van der Waals surface area contributed by atoms with Crippen LogP contribution in [0, 0.1) is 0 Å². The van der Waals surface area contributed by atoms with Crippen molar-refractivity contribution in [3.63, 3.8) is 0 Å². The Morgan fingerprint density at radius 3 is 2.71 bits per heavy atom. The fourth-order valence-electron chi connectivity index (χ4n) is 1.94. The van der Waals surface area contributed by atoms with Gasteiger partial charge in [-0.05, 0) is 17.7 Å². The van der Waals surface area contributed by atoms with Crippen LogP contribution >= 0.6 is 0 Å². The van der Waals surface area contributed by atoms with Gasteiger partial charge < -0.3 is 10.1 Å². The Morgan fingerprint density at radius 1 is 1.10 bits per heavy atom. The molecule has 0 aliphatic rings. The van der Waals surface area contributed by atoms with Crippen molar-refractivity contribution < 1.29 is 4.74 Å². The highest BCUT2D eigenvalue weighted by molar-refractivity contribution is 5.58. The number of nitrogens with one attached hydrogen (secondary N) is 1. The van der Waals surface area contributed by atoms with Crippen molar-refractivity contribution in [2.75, 3.05) is 5.32 Å². The first-order valence-corrected chi connectivity index (χ1v) is 6.70. The molecule has 5 heteroatoms. The summed E-state index contributed by atoms with van der Waals surface area (Å²) in [5.74, 6) is 2.10. The second-order valence-electron chi connectivity index (χ2n) is 4.62.